The minimum absolute atomic E-state index is 0.0171. The van der Waals surface area contributed by atoms with Gasteiger partial charge in [-0.1, -0.05) is 18.5 Å². The van der Waals surface area contributed by atoms with Crippen LogP contribution in [-0.4, -0.2) is 16.6 Å². The van der Waals surface area contributed by atoms with E-state index >= 15 is 0 Å². The van der Waals surface area contributed by atoms with Crippen LogP contribution < -0.4 is 0 Å². The lowest BCUT2D eigenvalue weighted by Gasteiger charge is -2.21. The molecule has 8 heteroatoms. The number of carbonyl (C=O) groups excluding carboxylic acids is 2. The van der Waals surface area contributed by atoms with E-state index in [0.717, 1.165) is 18.2 Å². The van der Waals surface area contributed by atoms with Crippen LogP contribution in [0.15, 0.2) is 41.6 Å². The number of Topliss-reactive ketones (excluding diaryl/α,β-unsaturated/α-hetero) is 2. The molecule has 0 aliphatic heterocycles. The van der Waals surface area contributed by atoms with E-state index in [0.29, 0.717) is 6.20 Å². The first-order valence-electron chi connectivity index (χ1n) is 7.96. The summed E-state index contributed by atoms with van der Waals surface area (Å²) < 4.78 is 52.2. The fourth-order valence-electron chi connectivity index (χ4n) is 3.01. The summed E-state index contributed by atoms with van der Waals surface area (Å²) in [5.74, 6) is -2.14. The van der Waals surface area contributed by atoms with Gasteiger partial charge >= 0.3 is 6.18 Å². The topological polar surface area (TPSA) is 47.0 Å². The molecule has 0 fully saturated rings. The predicted molar refractivity (Wildman–Crippen MR) is 90.3 cm³/mol. The van der Waals surface area contributed by atoms with E-state index in [-0.39, 0.29) is 40.3 Å². The number of fused-ring (bicyclic) bond motifs is 1. The second-order valence-electron chi connectivity index (χ2n) is 5.96. The lowest BCUT2D eigenvalue weighted by atomic mass is 9.81. The van der Waals surface area contributed by atoms with E-state index in [9.17, 15) is 27.2 Å². The smallest absolute Gasteiger partial charge is 0.289 e. The van der Waals surface area contributed by atoms with Crippen molar-refractivity contribution in [3.05, 3.63) is 74.8 Å². The van der Waals surface area contributed by atoms with Crippen molar-refractivity contribution in [1.82, 2.24) is 4.98 Å². The number of hydrogen-bond acceptors (Lipinski definition) is 3. The van der Waals surface area contributed by atoms with Gasteiger partial charge in [0.1, 0.15) is 5.82 Å². The summed E-state index contributed by atoms with van der Waals surface area (Å²) in [6, 6.07) is 4.17. The van der Waals surface area contributed by atoms with Crippen molar-refractivity contribution in [1.29, 1.82) is 0 Å². The quantitative estimate of drug-likeness (QED) is 0.667. The van der Waals surface area contributed by atoms with Crippen molar-refractivity contribution in [2.75, 3.05) is 0 Å². The van der Waals surface area contributed by atoms with E-state index in [4.69, 9.17) is 11.6 Å². The van der Waals surface area contributed by atoms with Gasteiger partial charge in [-0.15, -0.1) is 0 Å². The van der Waals surface area contributed by atoms with Crippen LogP contribution in [0.5, 0.6) is 0 Å². The van der Waals surface area contributed by atoms with Gasteiger partial charge in [0.15, 0.2) is 11.6 Å². The van der Waals surface area contributed by atoms with Gasteiger partial charge in [-0.25, -0.2) is 4.39 Å². The number of allylic oxidation sites excluding steroid dienone is 2. The molecule has 0 radical (unpaired) electrons. The first kappa shape index (κ1) is 19.2. The lowest BCUT2D eigenvalue weighted by molar-refractivity contribution is -0.137. The highest BCUT2D eigenvalue weighted by Crippen LogP contribution is 2.35. The second kappa shape index (κ2) is 6.88. The Morgan fingerprint density at radius 3 is 2.22 bits per heavy atom. The summed E-state index contributed by atoms with van der Waals surface area (Å²) in [7, 11) is 0. The zero-order valence-corrected chi connectivity index (χ0v) is 14.7. The van der Waals surface area contributed by atoms with E-state index < -0.39 is 34.7 Å². The van der Waals surface area contributed by atoms with Crippen LogP contribution in [0.3, 0.4) is 0 Å². The molecule has 1 aromatic heterocycles. The summed E-state index contributed by atoms with van der Waals surface area (Å²) in [5.41, 5.74) is -1.18. The molecule has 1 heterocycles. The summed E-state index contributed by atoms with van der Waals surface area (Å²) in [6.07, 6.45) is -3.87. The summed E-state index contributed by atoms with van der Waals surface area (Å²) in [6.45, 7) is 1.65. The van der Waals surface area contributed by atoms with Crippen molar-refractivity contribution in [3.8, 4) is 0 Å². The summed E-state index contributed by atoms with van der Waals surface area (Å²) in [4.78, 5) is 29.3. The van der Waals surface area contributed by atoms with Crippen LogP contribution in [0, 0.1) is 5.82 Å². The van der Waals surface area contributed by atoms with Crippen LogP contribution in [0.25, 0.3) is 0 Å². The number of benzene rings is 1. The average molecular weight is 398 g/mol. The molecular weight excluding hydrogens is 386 g/mol. The first-order chi connectivity index (χ1) is 12.6. The first-order valence-corrected chi connectivity index (χ1v) is 8.34. The largest absolute Gasteiger partial charge is 0.417 e. The van der Waals surface area contributed by atoms with Gasteiger partial charge in [-0.3, -0.25) is 14.6 Å². The number of halogens is 5. The highest BCUT2D eigenvalue weighted by molar-refractivity contribution is 6.38. The number of ketones is 2. The number of alkyl halides is 3. The van der Waals surface area contributed by atoms with Gasteiger partial charge in [0.2, 0.25) is 0 Å². The molecule has 0 saturated carbocycles. The molecule has 1 aliphatic rings. The fourth-order valence-corrected chi connectivity index (χ4v) is 3.25. The number of pyridine rings is 1. The maximum Gasteiger partial charge on any atom is 0.417 e. The standard InChI is InChI=1S/C19H12ClF4NO2/c1-2-11-12(7-10-4-3-9(8-25-10)19(22,23)24)18(27)16-14(21)6-5-13(20)15(16)17(11)26/h3-6,8H,2,7H2,1H3. The van der Waals surface area contributed by atoms with Crippen LogP contribution in [0.2, 0.25) is 5.02 Å². The van der Waals surface area contributed by atoms with Crippen molar-refractivity contribution >= 4 is 23.2 Å². The molecular formula is C19H12ClF4NO2. The zero-order chi connectivity index (χ0) is 19.9. The maximum atomic E-state index is 14.2. The Morgan fingerprint density at radius 2 is 1.67 bits per heavy atom. The maximum absolute atomic E-state index is 14.2. The fraction of sp³-hybridized carbons (Fsp3) is 0.211. The van der Waals surface area contributed by atoms with Crippen LogP contribution in [0.4, 0.5) is 17.6 Å². The highest BCUT2D eigenvalue weighted by atomic mass is 35.5. The molecule has 0 amide bonds. The Kier molecular flexibility index (Phi) is 4.90. The summed E-state index contributed by atoms with van der Waals surface area (Å²) >= 11 is 5.98. The molecule has 3 nitrogen and oxygen atoms in total. The van der Waals surface area contributed by atoms with E-state index in [1.165, 1.54) is 6.07 Å². The third-order valence-electron chi connectivity index (χ3n) is 4.33. The van der Waals surface area contributed by atoms with Gasteiger partial charge in [-0.05, 0) is 30.7 Å². The monoisotopic (exact) mass is 397 g/mol. The molecule has 3 rings (SSSR count). The second-order valence-corrected chi connectivity index (χ2v) is 6.37. The third-order valence-corrected chi connectivity index (χ3v) is 4.65. The van der Waals surface area contributed by atoms with Crippen molar-refractivity contribution in [3.63, 3.8) is 0 Å². The minimum Gasteiger partial charge on any atom is -0.289 e. The van der Waals surface area contributed by atoms with Crippen LogP contribution in [0.1, 0.15) is 45.3 Å². The van der Waals surface area contributed by atoms with Crippen molar-refractivity contribution < 1.29 is 27.2 Å². The number of aromatic nitrogens is 1. The number of nitrogens with zero attached hydrogens (tertiary/aromatic N) is 1. The lowest BCUT2D eigenvalue weighted by Crippen LogP contribution is -2.25. The Bertz CT molecular complexity index is 978. The molecule has 0 bridgehead atoms. The normalized spacial score (nSPS) is 14.6. The molecule has 0 spiro atoms. The highest BCUT2D eigenvalue weighted by Gasteiger charge is 2.35. The van der Waals surface area contributed by atoms with Crippen molar-refractivity contribution in [2.45, 2.75) is 25.9 Å². The van der Waals surface area contributed by atoms with E-state index in [1.54, 1.807) is 6.92 Å². The molecule has 0 N–H and O–H groups in total. The van der Waals surface area contributed by atoms with Crippen LogP contribution in [-0.2, 0) is 12.6 Å². The van der Waals surface area contributed by atoms with Crippen LogP contribution >= 0.6 is 11.6 Å². The summed E-state index contributed by atoms with van der Waals surface area (Å²) in [5, 5.41) is -0.0256. The molecule has 0 atom stereocenters. The number of hydrogen-bond donors (Lipinski definition) is 0. The van der Waals surface area contributed by atoms with Gasteiger partial charge < -0.3 is 0 Å². The molecule has 27 heavy (non-hydrogen) atoms. The zero-order valence-electron chi connectivity index (χ0n) is 14.0. The Hall–Kier alpha value is -2.54. The Balaban J connectivity index is 2.05. The van der Waals surface area contributed by atoms with Gasteiger partial charge in [0.25, 0.3) is 0 Å². The average Bonchev–Trinajstić information content (AvgIpc) is 2.61. The van der Waals surface area contributed by atoms with Crippen molar-refractivity contribution in [2.24, 2.45) is 0 Å². The molecule has 1 aromatic carbocycles. The number of carbonyl (C=O) groups is 2. The SMILES string of the molecule is CCC1=C(Cc2ccc(C(F)(F)F)cn2)C(=O)c2c(F)ccc(Cl)c2C1=O. The molecule has 2 aromatic rings. The predicted octanol–water partition coefficient (Wildman–Crippen LogP) is 5.22. The van der Waals surface area contributed by atoms with E-state index in [1.807, 2.05) is 0 Å². The molecule has 140 valence electrons. The molecule has 0 saturated heterocycles. The minimum atomic E-state index is -4.53. The van der Waals surface area contributed by atoms with Gasteiger partial charge in [-0.2, -0.15) is 13.2 Å². The third kappa shape index (κ3) is 3.39. The van der Waals surface area contributed by atoms with Gasteiger partial charge in [0.05, 0.1) is 21.7 Å². The molecule has 0 unspecified atom stereocenters. The van der Waals surface area contributed by atoms with Gasteiger partial charge in [0, 0.05) is 29.5 Å². The van der Waals surface area contributed by atoms with E-state index in [2.05, 4.69) is 4.98 Å². The molecule has 1 aliphatic carbocycles. The Labute approximate surface area is 156 Å². The number of rotatable bonds is 3. The Morgan fingerprint density at radius 1 is 1.00 bits per heavy atom.